The van der Waals surface area contributed by atoms with Gasteiger partial charge in [-0.1, -0.05) is 12.1 Å². The molecule has 5 N–H and O–H groups in total. The molecule has 0 fully saturated rings. The second-order valence-electron chi connectivity index (χ2n) is 8.81. The largest absolute Gasteiger partial charge is 0.481 e. The molecule has 11 nitrogen and oxygen atoms in total. The van der Waals surface area contributed by atoms with Gasteiger partial charge in [0.2, 0.25) is 6.79 Å². The molecule has 1 atom stereocenters. The number of hydrogen-bond donors (Lipinski definition) is 4. The Kier molecular flexibility index (Phi) is 6.47. The lowest BCUT2D eigenvalue weighted by Crippen LogP contribution is -2.18. The lowest BCUT2D eigenvalue weighted by molar-refractivity contribution is -0.137. The van der Waals surface area contributed by atoms with Crippen molar-refractivity contribution in [1.82, 2.24) is 14.8 Å². The quantitative estimate of drug-likeness (QED) is 0.348. The minimum atomic E-state index is -1.07. The molecule has 0 radical (unpaired) electrons. The van der Waals surface area contributed by atoms with Crippen LogP contribution in [0.25, 0.3) is 0 Å². The number of amides is 1. The molecule has 188 valence electrons. The maximum atomic E-state index is 12.5. The Hall–Kier alpha value is -4.12. The highest BCUT2D eigenvalue weighted by molar-refractivity contribution is 5.95. The smallest absolute Gasteiger partial charge is 0.304 e. The van der Waals surface area contributed by atoms with Crippen LogP contribution in [-0.2, 0) is 30.8 Å². The van der Waals surface area contributed by atoms with Crippen LogP contribution >= 0.6 is 0 Å². The number of nitrogens with two attached hydrogens (primary N) is 1. The van der Waals surface area contributed by atoms with Gasteiger partial charge in [-0.25, -0.2) is 4.98 Å². The summed E-state index contributed by atoms with van der Waals surface area (Å²) in [7, 11) is 0. The number of hydrogen-bond acceptors (Lipinski definition) is 8. The number of aromatic nitrogens is 3. The number of aliphatic carboxylic acids is 1. The van der Waals surface area contributed by atoms with Crippen molar-refractivity contribution in [3.63, 3.8) is 0 Å². The fourth-order valence-corrected chi connectivity index (χ4v) is 4.78. The average Bonchev–Trinajstić information content (AvgIpc) is 3.49. The number of carboxylic acid groups (broad SMARTS) is 1. The molecular formula is C25H27N5O6. The zero-order valence-electron chi connectivity index (χ0n) is 19.6. The van der Waals surface area contributed by atoms with Gasteiger partial charge in [-0.2, -0.15) is 5.10 Å². The van der Waals surface area contributed by atoms with Crippen molar-refractivity contribution >= 4 is 17.7 Å². The predicted molar refractivity (Wildman–Crippen MR) is 128 cm³/mol. The number of carboxylic acids is 1. The zero-order valence-corrected chi connectivity index (χ0v) is 19.6. The van der Waals surface area contributed by atoms with Gasteiger partial charge in [-0.3, -0.25) is 14.3 Å². The van der Waals surface area contributed by atoms with Gasteiger partial charge in [0.1, 0.15) is 5.82 Å². The lowest BCUT2D eigenvalue weighted by atomic mass is 9.89. The summed E-state index contributed by atoms with van der Waals surface area (Å²) in [5, 5.41) is 27.7. The second kappa shape index (κ2) is 9.86. The fourth-order valence-electron chi connectivity index (χ4n) is 4.78. The monoisotopic (exact) mass is 493 g/mol. The first-order valence-electron chi connectivity index (χ1n) is 11.8. The van der Waals surface area contributed by atoms with Gasteiger partial charge in [0.15, 0.2) is 11.5 Å². The third-order valence-corrected chi connectivity index (χ3v) is 6.52. The Morgan fingerprint density at radius 3 is 2.81 bits per heavy atom. The summed E-state index contributed by atoms with van der Waals surface area (Å²) in [4.78, 5) is 29.0. The zero-order chi connectivity index (χ0) is 25.2. The van der Waals surface area contributed by atoms with E-state index < -0.39 is 24.4 Å². The molecule has 1 amide bonds. The topological polar surface area (TPSA) is 162 Å². The SMILES string of the molecule is NC(=O)c1c(C(CC(=O)O)c2ccc3c(c2)OCO3)nn(CCc2ccc3c(n2)NCCC3)c1CO. The molecule has 11 heteroatoms. The van der Waals surface area contributed by atoms with Crippen LogP contribution in [0.1, 0.15) is 57.3 Å². The van der Waals surface area contributed by atoms with Crippen molar-refractivity contribution in [2.75, 3.05) is 18.7 Å². The maximum Gasteiger partial charge on any atom is 0.304 e. The molecule has 1 aromatic carbocycles. The van der Waals surface area contributed by atoms with Gasteiger partial charge < -0.3 is 30.7 Å². The van der Waals surface area contributed by atoms with E-state index in [1.54, 1.807) is 18.2 Å². The van der Waals surface area contributed by atoms with E-state index in [2.05, 4.69) is 16.5 Å². The van der Waals surface area contributed by atoms with E-state index in [0.717, 1.165) is 30.9 Å². The molecular weight excluding hydrogens is 466 g/mol. The number of aliphatic hydroxyl groups is 1. The van der Waals surface area contributed by atoms with Gasteiger partial charge >= 0.3 is 5.97 Å². The van der Waals surface area contributed by atoms with Gasteiger partial charge in [0.25, 0.3) is 5.91 Å². The molecule has 4 heterocycles. The lowest BCUT2D eigenvalue weighted by Gasteiger charge is -2.17. The van der Waals surface area contributed by atoms with Crippen molar-refractivity contribution in [3.8, 4) is 11.5 Å². The van der Waals surface area contributed by atoms with Gasteiger partial charge in [-0.05, 0) is 42.2 Å². The number of primary amides is 1. The normalized spacial score (nSPS) is 14.7. The molecule has 0 spiro atoms. The Morgan fingerprint density at radius 2 is 2.03 bits per heavy atom. The van der Waals surface area contributed by atoms with Crippen molar-refractivity contribution in [2.45, 2.75) is 44.8 Å². The standard InChI is InChI=1S/C25H27N5O6/c26-24(34)22-18(12-31)30(9-7-16-5-3-14-2-1-8-27-25(14)28-16)29-23(22)17(11-21(32)33)15-4-6-19-20(10-15)36-13-35-19/h3-6,10,17,31H,1-2,7-9,11-13H2,(H2,26,34)(H,27,28)(H,32,33). The van der Waals surface area contributed by atoms with Crippen LogP contribution < -0.4 is 20.5 Å². The minimum Gasteiger partial charge on any atom is -0.481 e. The first kappa shape index (κ1) is 23.6. The van der Waals surface area contributed by atoms with Crippen molar-refractivity contribution in [3.05, 3.63) is 64.1 Å². The van der Waals surface area contributed by atoms with E-state index in [0.29, 0.717) is 30.0 Å². The molecule has 5 rings (SSSR count). The van der Waals surface area contributed by atoms with Crippen LogP contribution in [0.3, 0.4) is 0 Å². The first-order chi connectivity index (χ1) is 17.4. The van der Waals surface area contributed by atoms with Gasteiger partial charge in [0, 0.05) is 31.1 Å². The maximum absolute atomic E-state index is 12.5. The summed E-state index contributed by atoms with van der Waals surface area (Å²) < 4.78 is 12.3. The highest BCUT2D eigenvalue weighted by Gasteiger charge is 2.31. The number of nitrogens with one attached hydrogen (secondary N) is 1. The molecule has 0 aliphatic carbocycles. The number of rotatable bonds is 9. The molecule has 0 saturated heterocycles. The number of nitrogens with zero attached hydrogens (tertiary/aromatic N) is 3. The number of pyridine rings is 1. The molecule has 2 aromatic heterocycles. The Balaban J connectivity index is 1.50. The van der Waals surface area contributed by atoms with E-state index in [4.69, 9.17) is 20.2 Å². The number of aliphatic hydroxyl groups excluding tert-OH is 1. The third kappa shape index (κ3) is 4.57. The number of ether oxygens (including phenoxy) is 2. The summed E-state index contributed by atoms with van der Waals surface area (Å²) >= 11 is 0. The van der Waals surface area contributed by atoms with E-state index >= 15 is 0 Å². The molecule has 0 saturated carbocycles. The number of carbonyl (C=O) groups excluding carboxylic acids is 1. The molecule has 2 aliphatic heterocycles. The Labute approximate surface area is 206 Å². The Morgan fingerprint density at radius 1 is 1.19 bits per heavy atom. The molecule has 0 bridgehead atoms. The number of carbonyl (C=O) groups is 2. The van der Waals surface area contributed by atoms with Crippen molar-refractivity contribution < 1.29 is 29.3 Å². The van der Waals surface area contributed by atoms with Gasteiger partial charge in [0.05, 0.1) is 30.0 Å². The number of aryl methyl sites for hydroxylation is 3. The van der Waals surface area contributed by atoms with E-state index in [-0.39, 0.29) is 30.2 Å². The van der Waals surface area contributed by atoms with Crippen LogP contribution in [0.5, 0.6) is 11.5 Å². The minimum absolute atomic E-state index is 0.0292. The second-order valence-corrected chi connectivity index (χ2v) is 8.81. The van der Waals surface area contributed by atoms with Crippen LogP contribution in [0, 0.1) is 0 Å². The number of benzene rings is 1. The predicted octanol–water partition coefficient (Wildman–Crippen LogP) is 1.81. The van der Waals surface area contributed by atoms with Crippen molar-refractivity contribution in [2.24, 2.45) is 5.73 Å². The number of fused-ring (bicyclic) bond motifs is 2. The molecule has 3 aromatic rings. The molecule has 1 unspecified atom stereocenters. The highest BCUT2D eigenvalue weighted by atomic mass is 16.7. The van der Waals surface area contributed by atoms with Crippen LogP contribution in [0.15, 0.2) is 30.3 Å². The van der Waals surface area contributed by atoms with Gasteiger partial charge in [-0.15, -0.1) is 0 Å². The summed E-state index contributed by atoms with van der Waals surface area (Å²) in [6.07, 6.45) is 2.22. The Bertz CT molecular complexity index is 1320. The number of anilines is 1. The summed E-state index contributed by atoms with van der Waals surface area (Å²) in [5.74, 6) is -0.734. The van der Waals surface area contributed by atoms with Crippen molar-refractivity contribution in [1.29, 1.82) is 0 Å². The van der Waals surface area contributed by atoms with Crippen LogP contribution in [0.4, 0.5) is 5.82 Å². The van der Waals surface area contributed by atoms with E-state index in [1.807, 2.05) is 6.07 Å². The first-order valence-corrected chi connectivity index (χ1v) is 11.8. The third-order valence-electron chi connectivity index (χ3n) is 6.52. The summed E-state index contributed by atoms with van der Waals surface area (Å²) in [6, 6.07) is 9.11. The fraction of sp³-hybridized carbons (Fsp3) is 0.360. The average molecular weight is 494 g/mol. The van der Waals surface area contributed by atoms with Crippen LogP contribution in [-0.4, -0.2) is 50.2 Å². The molecule has 36 heavy (non-hydrogen) atoms. The van der Waals surface area contributed by atoms with E-state index in [9.17, 15) is 19.8 Å². The summed E-state index contributed by atoms with van der Waals surface area (Å²) in [6.45, 7) is 0.798. The summed E-state index contributed by atoms with van der Waals surface area (Å²) in [5.41, 5.74) is 8.78. The van der Waals surface area contributed by atoms with Crippen LogP contribution in [0.2, 0.25) is 0 Å². The molecule has 2 aliphatic rings. The highest BCUT2D eigenvalue weighted by Crippen LogP contribution is 2.38. The van der Waals surface area contributed by atoms with E-state index in [1.165, 1.54) is 10.2 Å².